The highest BCUT2D eigenvalue weighted by atomic mass is 16.5. The van der Waals surface area contributed by atoms with Crippen LogP contribution in [0.2, 0.25) is 0 Å². The van der Waals surface area contributed by atoms with E-state index in [-0.39, 0.29) is 0 Å². The third-order valence-corrected chi connectivity index (χ3v) is 2.65. The van der Waals surface area contributed by atoms with Crippen molar-refractivity contribution in [2.45, 2.75) is 13.8 Å². The minimum atomic E-state index is -0.433. The number of rotatable bonds is 3. The molecule has 2 aromatic rings. The average Bonchev–Trinajstić information content (AvgIpc) is 2.39. The van der Waals surface area contributed by atoms with E-state index in [4.69, 9.17) is 14.2 Å². The molecule has 20 heavy (non-hydrogen) atoms. The minimum Gasteiger partial charge on any atom is -0.496 e. The predicted octanol–water partition coefficient (Wildman–Crippen LogP) is 2.70. The smallest absolute Gasteiger partial charge is 0.308 e. The molecule has 0 aromatic heterocycles. The molecule has 5 heteroatoms. The highest BCUT2D eigenvalue weighted by Crippen LogP contribution is 2.39. The number of ether oxygens (including phenoxy) is 3. The van der Waals surface area contributed by atoms with Gasteiger partial charge in [0.25, 0.3) is 0 Å². The van der Waals surface area contributed by atoms with Gasteiger partial charge in [-0.25, -0.2) is 0 Å². The third-order valence-electron chi connectivity index (χ3n) is 2.65. The summed E-state index contributed by atoms with van der Waals surface area (Å²) in [6, 6.07) is 8.44. The summed E-state index contributed by atoms with van der Waals surface area (Å²) in [5.74, 6) is 0.433. The monoisotopic (exact) mass is 274 g/mol. The number of hydrogen-bond donors (Lipinski definition) is 0. The fraction of sp³-hybridized carbons (Fsp3) is 0.200. The second kappa shape index (κ2) is 5.61. The van der Waals surface area contributed by atoms with E-state index in [9.17, 15) is 9.59 Å². The molecule has 2 rings (SSSR count). The van der Waals surface area contributed by atoms with Gasteiger partial charge in [0.05, 0.1) is 12.5 Å². The Kier molecular flexibility index (Phi) is 3.89. The molecule has 0 atom stereocenters. The lowest BCUT2D eigenvalue weighted by Gasteiger charge is -2.13. The van der Waals surface area contributed by atoms with Crippen molar-refractivity contribution in [3.63, 3.8) is 0 Å². The summed E-state index contributed by atoms with van der Waals surface area (Å²) >= 11 is 0. The third kappa shape index (κ3) is 2.71. The van der Waals surface area contributed by atoms with Crippen LogP contribution in [0.3, 0.4) is 0 Å². The van der Waals surface area contributed by atoms with Gasteiger partial charge in [0.15, 0.2) is 0 Å². The van der Waals surface area contributed by atoms with E-state index in [1.165, 1.54) is 21.0 Å². The average molecular weight is 274 g/mol. The van der Waals surface area contributed by atoms with Gasteiger partial charge in [0.1, 0.15) is 17.2 Å². The topological polar surface area (TPSA) is 61.8 Å². The Hall–Kier alpha value is -2.56. The van der Waals surface area contributed by atoms with E-state index in [2.05, 4.69) is 0 Å². The molecule has 2 aromatic carbocycles. The lowest BCUT2D eigenvalue weighted by molar-refractivity contribution is -0.132. The number of methoxy groups -OCH3 is 1. The van der Waals surface area contributed by atoms with Crippen LogP contribution < -0.4 is 14.2 Å². The number of benzene rings is 2. The van der Waals surface area contributed by atoms with Crippen molar-refractivity contribution in [3.8, 4) is 17.2 Å². The number of hydrogen-bond acceptors (Lipinski definition) is 5. The second-order valence-electron chi connectivity index (χ2n) is 4.13. The van der Waals surface area contributed by atoms with E-state index < -0.39 is 11.9 Å². The maximum atomic E-state index is 11.2. The van der Waals surface area contributed by atoms with Gasteiger partial charge in [-0.2, -0.15) is 0 Å². The van der Waals surface area contributed by atoms with Crippen LogP contribution in [0.5, 0.6) is 17.2 Å². The fourth-order valence-electron chi connectivity index (χ4n) is 1.97. The zero-order chi connectivity index (χ0) is 14.7. The first-order valence-corrected chi connectivity index (χ1v) is 5.99. The molecule has 0 aliphatic rings. The summed E-state index contributed by atoms with van der Waals surface area (Å²) in [6.07, 6.45) is 0. The normalized spacial score (nSPS) is 10.2. The van der Waals surface area contributed by atoms with Crippen LogP contribution in [0.4, 0.5) is 0 Å². The van der Waals surface area contributed by atoms with Gasteiger partial charge in [-0.3, -0.25) is 9.59 Å². The molecule has 0 bridgehead atoms. The summed E-state index contributed by atoms with van der Waals surface area (Å²) < 4.78 is 15.6. The Morgan fingerprint density at radius 1 is 0.850 bits per heavy atom. The number of carbonyl (C=O) groups excluding carboxylic acids is 2. The van der Waals surface area contributed by atoms with Gasteiger partial charge < -0.3 is 14.2 Å². The Bertz CT molecular complexity index is 675. The first kappa shape index (κ1) is 13.9. The predicted molar refractivity (Wildman–Crippen MR) is 73.1 cm³/mol. The van der Waals surface area contributed by atoms with Gasteiger partial charge in [0, 0.05) is 19.2 Å². The largest absolute Gasteiger partial charge is 0.496 e. The first-order valence-electron chi connectivity index (χ1n) is 5.99. The molecule has 5 nitrogen and oxygen atoms in total. The van der Waals surface area contributed by atoms with Gasteiger partial charge in [-0.15, -0.1) is 0 Å². The molecule has 0 saturated carbocycles. The van der Waals surface area contributed by atoms with Crippen LogP contribution in [0.25, 0.3) is 10.8 Å². The molecule has 0 spiro atoms. The number of carbonyl (C=O) groups is 2. The molecule has 0 aliphatic carbocycles. The summed E-state index contributed by atoms with van der Waals surface area (Å²) in [4.78, 5) is 22.3. The number of esters is 2. The molecule has 104 valence electrons. The molecule has 0 N–H and O–H groups in total. The Morgan fingerprint density at radius 3 is 2.05 bits per heavy atom. The van der Waals surface area contributed by atoms with Crippen molar-refractivity contribution < 1.29 is 23.8 Å². The van der Waals surface area contributed by atoms with E-state index in [1.807, 2.05) is 0 Å². The van der Waals surface area contributed by atoms with Crippen LogP contribution in [0.1, 0.15) is 13.8 Å². The van der Waals surface area contributed by atoms with Crippen LogP contribution >= 0.6 is 0 Å². The lowest BCUT2D eigenvalue weighted by atomic mass is 10.1. The lowest BCUT2D eigenvalue weighted by Crippen LogP contribution is -2.05. The van der Waals surface area contributed by atoms with Crippen LogP contribution in [0, 0.1) is 0 Å². The van der Waals surface area contributed by atoms with Crippen molar-refractivity contribution >= 4 is 22.7 Å². The van der Waals surface area contributed by atoms with E-state index >= 15 is 0 Å². The van der Waals surface area contributed by atoms with E-state index in [0.717, 1.165) is 0 Å². The molecule has 0 heterocycles. The maximum absolute atomic E-state index is 11.2. The highest BCUT2D eigenvalue weighted by Gasteiger charge is 2.14. The van der Waals surface area contributed by atoms with E-state index in [0.29, 0.717) is 28.0 Å². The highest BCUT2D eigenvalue weighted by molar-refractivity contribution is 5.99. The SMILES string of the molecule is COc1cccc2c(OC(C)=O)ccc(OC(C)=O)c12. The summed E-state index contributed by atoms with van der Waals surface area (Å²) in [5.41, 5.74) is 0. The van der Waals surface area contributed by atoms with Crippen molar-refractivity contribution in [1.82, 2.24) is 0 Å². The Balaban J connectivity index is 2.71. The van der Waals surface area contributed by atoms with Crippen LogP contribution in [0.15, 0.2) is 30.3 Å². The molecule has 0 unspecified atom stereocenters. The quantitative estimate of drug-likeness (QED) is 0.636. The molecule has 0 fully saturated rings. The summed E-state index contributed by atoms with van der Waals surface area (Å²) in [7, 11) is 1.52. The van der Waals surface area contributed by atoms with Crippen molar-refractivity contribution in [3.05, 3.63) is 30.3 Å². The van der Waals surface area contributed by atoms with Crippen LogP contribution in [-0.4, -0.2) is 19.0 Å². The van der Waals surface area contributed by atoms with Gasteiger partial charge in [-0.05, 0) is 18.2 Å². The van der Waals surface area contributed by atoms with Crippen molar-refractivity contribution in [1.29, 1.82) is 0 Å². The Labute approximate surface area is 116 Å². The van der Waals surface area contributed by atoms with Crippen molar-refractivity contribution in [2.75, 3.05) is 7.11 Å². The zero-order valence-corrected chi connectivity index (χ0v) is 11.4. The molecular formula is C15H14O5. The number of fused-ring (bicyclic) bond motifs is 1. The maximum Gasteiger partial charge on any atom is 0.308 e. The fourth-order valence-corrected chi connectivity index (χ4v) is 1.97. The molecule has 0 amide bonds. The summed E-state index contributed by atoms with van der Waals surface area (Å²) in [6.45, 7) is 2.65. The van der Waals surface area contributed by atoms with Crippen molar-refractivity contribution in [2.24, 2.45) is 0 Å². The van der Waals surface area contributed by atoms with E-state index in [1.54, 1.807) is 30.3 Å². The minimum absolute atomic E-state index is 0.362. The molecule has 0 saturated heterocycles. The van der Waals surface area contributed by atoms with Gasteiger partial charge >= 0.3 is 11.9 Å². The summed E-state index contributed by atoms with van der Waals surface area (Å²) in [5, 5.41) is 1.22. The first-order chi connectivity index (χ1) is 9.52. The molecule has 0 radical (unpaired) electrons. The Morgan fingerprint density at radius 2 is 1.45 bits per heavy atom. The van der Waals surface area contributed by atoms with Gasteiger partial charge in [-0.1, -0.05) is 12.1 Å². The molecule has 0 aliphatic heterocycles. The zero-order valence-electron chi connectivity index (χ0n) is 11.4. The van der Waals surface area contributed by atoms with Gasteiger partial charge in [0.2, 0.25) is 0 Å². The molecular weight excluding hydrogens is 260 g/mol. The van der Waals surface area contributed by atoms with Crippen LogP contribution in [-0.2, 0) is 9.59 Å². The standard InChI is InChI=1S/C15H14O5/c1-9(16)19-12-7-8-14(20-10(2)17)15-11(12)5-4-6-13(15)18-3/h4-8H,1-3H3. The second-order valence-corrected chi connectivity index (χ2v) is 4.13.